The van der Waals surface area contributed by atoms with E-state index in [0.29, 0.717) is 5.92 Å². The minimum Gasteiger partial charge on any atom is -0.391 e. The van der Waals surface area contributed by atoms with E-state index in [-0.39, 0.29) is 6.04 Å². The smallest absolute Gasteiger partial charge is 0.0760 e. The van der Waals surface area contributed by atoms with Crippen LogP contribution >= 0.6 is 0 Å². The second kappa shape index (κ2) is 3.61. The minimum atomic E-state index is -0.396. The highest BCUT2D eigenvalue weighted by Gasteiger charge is 2.34. The quantitative estimate of drug-likeness (QED) is 0.734. The molecule has 0 radical (unpaired) electrons. The van der Waals surface area contributed by atoms with Gasteiger partial charge in [0.15, 0.2) is 0 Å². The number of aliphatic hydroxyl groups excluding tert-OH is 1. The fourth-order valence-corrected chi connectivity index (χ4v) is 2.20. The van der Waals surface area contributed by atoms with E-state index in [1.807, 2.05) is 30.5 Å². The first-order valence-corrected chi connectivity index (χ1v) is 5.76. The molecule has 0 unspecified atom stereocenters. The van der Waals surface area contributed by atoms with E-state index in [0.717, 1.165) is 23.9 Å². The Bertz CT molecular complexity index is 501. The maximum Gasteiger partial charge on any atom is 0.0760 e. The van der Waals surface area contributed by atoms with Crippen LogP contribution in [-0.4, -0.2) is 16.2 Å². The van der Waals surface area contributed by atoms with Crippen molar-refractivity contribution >= 4 is 10.9 Å². The van der Waals surface area contributed by atoms with E-state index in [1.165, 1.54) is 5.39 Å². The molecule has 1 fully saturated rings. The van der Waals surface area contributed by atoms with Crippen molar-refractivity contribution in [3.8, 4) is 0 Å². The molecule has 0 spiro atoms. The van der Waals surface area contributed by atoms with Crippen LogP contribution in [0.4, 0.5) is 0 Å². The Hall–Kier alpha value is -1.32. The van der Waals surface area contributed by atoms with E-state index in [1.54, 1.807) is 0 Å². The highest BCUT2D eigenvalue weighted by molar-refractivity contribution is 5.80. The number of hydrogen-bond donors (Lipinski definition) is 3. The first-order valence-electron chi connectivity index (χ1n) is 5.76. The van der Waals surface area contributed by atoms with Crippen molar-refractivity contribution in [1.82, 2.24) is 4.98 Å². The summed E-state index contributed by atoms with van der Waals surface area (Å²) in [5.74, 6) is 0.411. The Morgan fingerprint density at radius 1 is 1.31 bits per heavy atom. The van der Waals surface area contributed by atoms with Crippen molar-refractivity contribution in [2.45, 2.75) is 25.0 Å². The molecule has 0 aliphatic heterocycles. The molecule has 4 N–H and O–H groups in total. The monoisotopic (exact) mass is 216 g/mol. The van der Waals surface area contributed by atoms with Crippen LogP contribution < -0.4 is 5.73 Å². The van der Waals surface area contributed by atoms with Crippen LogP contribution in [0.5, 0.6) is 0 Å². The average molecular weight is 216 g/mol. The van der Waals surface area contributed by atoms with Gasteiger partial charge in [-0.1, -0.05) is 12.1 Å². The standard InChI is InChI=1S/C13H16N2O/c14-12(13(16)9-2-3-9)10-4-1-8-5-6-15-11(8)7-10/h1,4-7,9,12-13,15-16H,2-3,14H2/t12-,13+/m1/s1. The summed E-state index contributed by atoms with van der Waals surface area (Å²) in [6.45, 7) is 0. The van der Waals surface area contributed by atoms with Gasteiger partial charge in [0.1, 0.15) is 0 Å². The Morgan fingerprint density at radius 3 is 2.88 bits per heavy atom. The molecule has 1 aliphatic carbocycles. The second-order valence-electron chi connectivity index (χ2n) is 4.68. The van der Waals surface area contributed by atoms with Crippen molar-refractivity contribution in [1.29, 1.82) is 0 Å². The zero-order chi connectivity index (χ0) is 11.1. The molecule has 3 rings (SSSR count). The van der Waals surface area contributed by atoms with Crippen LogP contribution in [-0.2, 0) is 0 Å². The molecule has 1 aromatic carbocycles. The zero-order valence-corrected chi connectivity index (χ0v) is 9.06. The van der Waals surface area contributed by atoms with Gasteiger partial charge in [-0.15, -0.1) is 0 Å². The van der Waals surface area contributed by atoms with Crippen LogP contribution in [0.1, 0.15) is 24.4 Å². The first kappa shape index (κ1) is 9.87. The lowest BCUT2D eigenvalue weighted by atomic mass is 9.98. The summed E-state index contributed by atoms with van der Waals surface area (Å²) in [5, 5.41) is 11.2. The molecule has 2 aromatic rings. The van der Waals surface area contributed by atoms with Crippen LogP contribution in [0.15, 0.2) is 30.5 Å². The van der Waals surface area contributed by atoms with Crippen molar-refractivity contribution in [2.24, 2.45) is 11.7 Å². The molecular weight excluding hydrogens is 200 g/mol. The van der Waals surface area contributed by atoms with Gasteiger partial charge in [-0.25, -0.2) is 0 Å². The molecule has 84 valence electrons. The predicted molar refractivity (Wildman–Crippen MR) is 64.0 cm³/mol. The Morgan fingerprint density at radius 2 is 2.12 bits per heavy atom. The largest absolute Gasteiger partial charge is 0.391 e. The third kappa shape index (κ3) is 1.62. The topological polar surface area (TPSA) is 62.0 Å². The molecule has 1 aromatic heterocycles. The summed E-state index contributed by atoms with van der Waals surface area (Å²) in [5.41, 5.74) is 8.16. The molecule has 1 heterocycles. The lowest BCUT2D eigenvalue weighted by Gasteiger charge is -2.18. The number of rotatable bonds is 3. The zero-order valence-electron chi connectivity index (χ0n) is 9.06. The molecule has 1 aliphatic rings. The summed E-state index contributed by atoms with van der Waals surface area (Å²) >= 11 is 0. The van der Waals surface area contributed by atoms with E-state index in [2.05, 4.69) is 4.98 Å². The number of H-pyrrole nitrogens is 1. The Kier molecular flexibility index (Phi) is 2.23. The number of aromatic nitrogens is 1. The second-order valence-corrected chi connectivity index (χ2v) is 4.68. The van der Waals surface area contributed by atoms with Gasteiger partial charge in [0.2, 0.25) is 0 Å². The maximum absolute atomic E-state index is 10.00. The van der Waals surface area contributed by atoms with Crippen LogP contribution in [0, 0.1) is 5.92 Å². The Labute approximate surface area is 94.3 Å². The number of fused-ring (bicyclic) bond motifs is 1. The van der Waals surface area contributed by atoms with Gasteiger partial charge in [-0.05, 0) is 41.8 Å². The summed E-state index contributed by atoms with van der Waals surface area (Å²) in [7, 11) is 0. The van der Waals surface area contributed by atoms with Gasteiger partial charge in [-0.3, -0.25) is 0 Å². The van der Waals surface area contributed by atoms with Crippen molar-refractivity contribution in [2.75, 3.05) is 0 Å². The highest BCUT2D eigenvalue weighted by atomic mass is 16.3. The number of aliphatic hydroxyl groups is 1. The maximum atomic E-state index is 10.00. The molecule has 3 nitrogen and oxygen atoms in total. The molecule has 0 amide bonds. The van der Waals surface area contributed by atoms with Gasteiger partial charge in [0.25, 0.3) is 0 Å². The summed E-state index contributed by atoms with van der Waals surface area (Å²) < 4.78 is 0. The summed E-state index contributed by atoms with van der Waals surface area (Å²) in [4.78, 5) is 3.16. The van der Waals surface area contributed by atoms with E-state index >= 15 is 0 Å². The SMILES string of the molecule is N[C@H](c1ccc2cc[nH]c2c1)[C@@H](O)C1CC1. The van der Waals surface area contributed by atoms with Crippen LogP contribution in [0.3, 0.4) is 0 Å². The lowest BCUT2D eigenvalue weighted by Crippen LogP contribution is -2.27. The molecule has 2 atom stereocenters. The number of aromatic amines is 1. The van der Waals surface area contributed by atoms with Gasteiger partial charge < -0.3 is 15.8 Å². The van der Waals surface area contributed by atoms with Crippen molar-refractivity contribution in [3.63, 3.8) is 0 Å². The molecule has 16 heavy (non-hydrogen) atoms. The highest BCUT2D eigenvalue weighted by Crippen LogP contribution is 2.37. The first-order chi connectivity index (χ1) is 7.75. The van der Waals surface area contributed by atoms with Crippen LogP contribution in [0.25, 0.3) is 10.9 Å². The van der Waals surface area contributed by atoms with Crippen LogP contribution in [0.2, 0.25) is 0 Å². The summed E-state index contributed by atoms with van der Waals surface area (Å²) in [6.07, 6.45) is 3.74. The number of hydrogen-bond acceptors (Lipinski definition) is 2. The number of nitrogens with one attached hydrogen (secondary N) is 1. The molecule has 1 saturated carbocycles. The average Bonchev–Trinajstić information content (AvgIpc) is 3.05. The van der Waals surface area contributed by atoms with E-state index < -0.39 is 6.10 Å². The third-order valence-corrected chi connectivity index (χ3v) is 3.44. The van der Waals surface area contributed by atoms with Crippen molar-refractivity contribution < 1.29 is 5.11 Å². The number of benzene rings is 1. The normalized spacial score (nSPS) is 19.9. The van der Waals surface area contributed by atoms with Gasteiger partial charge in [-0.2, -0.15) is 0 Å². The molecule has 3 heteroatoms. The molecular formula is C13H16N2O. The molecule has 0 bridgehead atoms. The summed E-state index contributed by atoms with van der Waals surface area (Å²) in [6, 6.07) is 7.85. The molecule has 0 saturated heterocycles. The fourth-order valence-electron chi connectivity index (χ4n) is 2.20. The minimum absolute atomic E-state index is 0.264. The Balaban J connectivity index is 1.91. The number of nitrogens with two attached hydrogens (primary N) is 1. The fraction of sp³-hybridized carbons (Fsp3) is 0.385. The predicted octanol–water partition coefficient (Wildman–Crippen LogP) is 1.94. The van der Waals surface area contributed by atoms with E-state index in [9.17, 15) is 5.11 Å². The van der Waals surface area contributed by atoms with Gasteiger partial charge in [0, 0.05) is 11.7 Å². The lowest BCUT2D eigenvalue weighted by molar-refractivity contribution is 0.122. The van der Waals surface area contributed by atoms with Crippen molar-refractivity contribution in [3.05, 3.63) is 36.0 Å². The van der Waals surface area contributed by atoms with Gasteiger partial charge >= 0.3 is 0 Å². The van der Waals surface area contributed by atoms with Gasteiger partial charge in [0.05, 0.1) is 12.1 Å². The third-order valence-electron chi connectivity index (χ3n) is 3.44. The van der Waals surface area contributed by atoms with E-state index in [4.69, 9.17) is 5.73 Å².